The molecule has 1 atom stereocenters. The van der Waals surface area contributed by atoms with Crippen LogP contribution in [-0.2, 0) is 25.5 Å². The molecule has 2 heterocycles. The molecular formula is C20H26FNO6. The summed E-state index contributed by atoms with van der Waals surface area (Å²) in [6.07, 6.45) is -0.315. The maximum atomic E-state index is 14.8. The number of nitrogens with zero attached hydrogens (tertiary/aromatic N) is 1. The summed E-state index contributed by atoms with van der Waals surface area (Å²) in [5, 5.41) is 0. The Labute approximate surface area is 163 Å². The lowest BCUT2D eigenvalue weighted by Crippen LogP contribution is -2.59. The maximum absolute atomic E-state index is 14.8. The number of hydrogen-bond acceptors (Lipinski definition) is 6. The van der Waals surface area contributed by atoms with E-state index in [0.29, 0.717) is 0 Å². The van der Waals surface area contributed by atoms with Crippen molar-refractivity contribution in [2.24, 2.45) is 5.41 Å². The Morgan fingerprint density at radius 3 is 2.64 bits per heavy atom. The molecule has 2 aliphatic heterocycles. The Kier molecular flexibility index (Phi) is 5.90. The van der Waals surface area contributed by atoms with Crippen molar-refractivity contribution in [3.8, 4) is 5.75 Å². The molecule has 0 aliphatic carbocycles. The van der Waals surface area contributed by atoms with Crippen LogP contribution in [0.1, 0.15) is 36.7 Å². The number of carbonyl (C=O) groups is 2. The molecule has 154 valence electrons. The highest BCUT2D eigenvalue weighted by atomic mass is 19.1. The Balaban J connectivity index is 1.88. The first-order valence-corrected chi connectivity index (χ1v) is 9.31. The highest BCUT2D eigenvalue weighted by molar-refractivity contribution is 5.90. The molecule has 28 heavy (non-hydrogen) atoms. The number of benzene rings is 1. The molecule has 0 spiro atoms. The molecule has 0 bridgehead atoms. The summed E-state index contributed by atoms with van der Waals surface area (Å²) in [5.74, 6) is -1.11. The van der Waals surface area contributed by atoms with Gasteiger partial charge in [-0.2, -0.15) is 0 Å². The number of esters is 1. The molecule has 8 heteroatoms. The first kappa shape index (κ1) is 20.5. The average Bonchev–Trinajstić information content (AvgIpc) is 2.76. The SMILES string of the molecule is COCC1(C(=O)N2Cc3c(F)cc(C(=O)OC(C)C)cc3OC[C@@H]2C)COC1. The van der Waals surface area contributed by atoms with Crippen molar-refractivity contribution in [2.45, 2.75) is 39.5 Å². The van der Waals surface area contributed by atoms with E-state index in [1.807, 2.05) is 6.92 Å². The van der Waals surface area contributed by atoms with Gasteiger partial charge < -0.3 is 23.8 Å². The minimum Gasteiger partial charge on any atom is -0.491 e. The summed E-state index contributed by atoms with van der Waals surface area (Å²) in [6.45, 7) is 6.31. The van der Waals surface area contributed by atoms with Gasteiger partial charge in [-0.1, -0.05) is 0 Å². The van der Waals surface area contributed by atoms with Crippen molar-refractivity contribution in [2.75, 3.05) is 33.5 Å². The number of carbonyl (C=O) groups excluding carboxylic acids is 2. The highest BCUT2D eigenvalue weighted by Gasteiger charge is 2.49. The van der Waals surface area contributed by atoms with Crippen molar-refractivity contribution in [1.29, 1.82) is 0 Å². The monoisotopic (exact) mass is 395 g/mol. The van der Waals surface area contributed by atoms with E-state index in [4.69, 9.17) is 18.9 Å². The van der Waals surface area contributed by atoms with Gasteiger partial charge in [0.1, 0.15) is 23.6 Å². The Morgan fingerprint density at radius 1 is 1.36 bits per heavy atom. The zero-order valence-electron chi connectivity index (χ0n) is 16.6. The first-order chi connectivity index (χ1) is 13.3. The topological polar surface area (TPSA) is 74.3 Å². The third kappa shape index (κ3) is 3.84. The van der Waals surface area contributed by atoms with E-state index >= 15 is 0 Å². The molecule has 1 aromatic carbocycles. The molecule has 1 amide bonds. The van der Waals surface area contributed by atoms with Gasteiger partial charge in [-0.05, 0) is 32.9 Å². The normalized spacial score (nSPS) is 20.6. The molecule has 7 nitrogen and oxygen atoms in total. The van der Waals surface area contributed by atoms with Crippen LogP contribution in [0.2, 0.25) is 0 Å². The lowest BCUT2D eigenvalue weighted by molar-refractivity contribution is -0.185. The summed E-state index contributed by atoms with van der Waals surface area (Å²) in [5.41, 5.74) is -0.419. The minimum atomic E-state index is -0.745. The van der Waals surface area contributed by atoms with Crippen molar-refractivity contribution in [1.82, 2.24) is 4.90 Å². The molecule has 1 aromatic rings. The molecule has 0 unspecified atom stereocenters. The second-order valence-corrected chi connectivity index (χ2v) is 7.69. The highest BCUT2D eigenvalue weighted by Crippen LogP contribution is 2.35. The summed E-state index contributed by atoms with van der Waals surface area (Å²) in [6, 6.07) is 2.32. The second kappa shape index (κ2) is 8.05. The predicted octanol–water partition coefficient (Wildman–Crippen LogP) is 2.16. The number of fused-ring (bicyclic) bond motifs is 1. The Morgan fingerprint density at radius 2 is 2.07 bits per heavy atom. The standard InChI is InChI=1S/C20H26FNO6/c1-12(2)28-18(23)14-5-16(21)15-7-22(13(3)8-27-17(15)6-14)19(24)20(9-25-4)10-26-11-20/h5-6,12-13H,7-11H2,1-4H3/t13-/m0/s1. The second-order valence-electron chi connectivity index (χ2n) is 7.69. The lowest BCUT2D eigenvalue weighted by Gasteiger charge is -2.43. The fourth-order valence-corrected chi connectivity index (χ4v) is 3.39. The minimum absolute atomic E-state index is 0.0478. The van der Waals surface area contributed by atoms with E-state index in [1.165, 1.54) is 13.2 Å². The van der Waals surface area contributed by atoms with Crippen LogP contribution < -0.4 is 4.74 Å². The molecule has 0 N–H and O–H groups in total. The quantitative estimate of drug-likeness (QED) is 0.712. The van der Waals surface area contributed by atoms with Gasteiger partial charge in [0.05, 0.1) is 44.1 Å². The molecule has 1 saturated heterocycles. The molecular weight excluding hydrogens is 369 g/mol. The first-order valence-electron chi connectivity index (χ1n) is 9.31. The lowest BCUT2D eigenvalue weighted by atomic mass is 9.84. The molecule has 1 fully saturated rings. The van der Waals surface area contributed by atoms with Gasteiger partial charge in [-0.25, -0.2) is 9.18 Å². The van der Waals surface area contributed by atoms with Gasteiger partial charge >= 0.3 is 5.97 Å². The van der Waals surface area contributed by atoms with Crippen LogP contribution >= 0.6 is 0 Å². The van der Waals surface area contributed by atoms with Crippen molar-refractivity contribution >= 4 is 11.9 Å². The molecule has 2 aliphatic rings. The van der Waals surface area contributed by atoms with E-state index in [1.54, 1.807) is 18.7 Å². The van der Waals surface area contributed by atoms with Crippen LogP contribution in [0.15, 0.2) is 12.1 Å². The van der Waals surface area contributed by atoms with Gasteiger partial charge in [0.15, 0.2) is 0 Å². The summed E-state index contributed by atoms with van der Waals surface area (Å²) < 4.78 is 36.2. The van der Waals surface area contributed by atoms with E-state index in [0.717, 1.165) is 6.07 Å². The van der Waals surface area contributed by atoms with Crippen LogP contribution in [0.4, 0.5) is 4.39 Å². The number of hydrogen-bond donors (Lipinski definition) is 0. The number of ether oxygens (including phenoxy) is 4. The number of rotatable bonds is 5. The van der Waals surface area contributed by atoms with Crippen molar-refractivity contribution < 1.29 is 32.9 Å². The van der Waals surface area contributed by atoms with Crippen LogP contribution in [-0.4, -0.2) is 62.5 Å². The molecule has 0 radical (unpaired) electrons. The number of halogens is 1. The zero-order chi connectivity index (χ0) is 20.5. The summed E-state index contributed by atoms with van der Waals surface area (Å²) >= 11 is 0. The molecule has 3 rings (SSSR count). The summed E-state index contributed by atoms with van der Waals surface area (Å²) in [7, 11) is 1.54. The third-order valence-electron chi connectivity index (χ3n) is 4.97. The van der Waals surface area contributed by atoms with Gasteiger partial charge in [-0.3, -0.25) is 4.79 Å². The fraction of sp³-hybridized carbons (Fsp3) is 0.600. The van der Waals surface area contributed by atoms with E-state index in [-0.39, 0.29) is 67.9 Å². The smallest absolute Gasteiger partial charge is 0.338 e. The predicted molar refractivity (Wildman–Crippen MR) is 97.6 cm³/mol. The zero-order valence-corrected chi connectivity index (χ0v) is 16.6. The third-order valence-corrected chi connectivity index (χ3v) is 4.97. The van der Waals surface area contributed by atoms with Crippen LogP contribution in [0.5, 0.6) is 5.75 Å². The maximum Gasteiger partial charge on any atom is 0.338 e. The van der Waals surface area contributed by atoms with Crippen LogP contribution in [0.3, 0.4) is 0 Å². The van der Waals surface area contributed by atoms with Gasteiger partial charge in [-0.15, -0.1) is 0 Å². The molecule has 0 aromatic heterocycles. The van der Waals surface area contributed by atoms with Crippen LogP contribution in [0, 0.1) is 11.2 Å². The van der Waals surface area contributed by atoms with Gasteiger partial charge in [0.25, 0.3) is 0 Å². The van der Waals surface area contributed by atoms with Crippen LogP contribution in [0.25, 0.3) is 0 Å². The van der Waals surface area contributed by atoms with Gasteiger partial charge in [0, 0.05) is 12.7 Å². The Bertz CT molecular complexity index is 761. The fourth-order valence-electron chi connectivity index (χ4n) is 3.39. The van der Waals surface area contributed by atoms with E-state index < -0.39 is 17.2 Å². The van der Waals surface area contributed by atoms with Crippen molar-refractivity contribution in [3.63, 3.8) is 0 Å². The summed E-state index contributed by atoms with van der Waals surface area (Å²) in [4.78, 5) is 26.9. The van der Waals surface area contributed by atoms with Gasteiger partial charge in [0.2, 0.25) is 5.91 Å². The number of amides is 1. The Hall–Kier alpha value is -2.19. The van der Waals surface area contributed by atoms with Crippen molar-refractivity contribution in [3.05, 3.63) is 29.1 Å². The van der Waals surface area contributed by atoms with E-state index in [9.17, 15) is 14.0 Å². The number of methoxy groups -OCH3 is 1. The largest absolute Gasteiger partial charge is 0.491 e. The van der Waals surface area contributed by atoms with E-state index in [2.05, 4.69) is 0 Å². The average molecular weight is 395 g/mol. The molecule has 0 saturated carbocycles.